The molecule has 6 heteroatoms. The van der Waals surface area contributed by atoms with Crippen molar-refractivity contribution in [1.82, 2.24) is 4.90 Å². The van der Waals surface area contributed by atoms with Gasteiger partial charge in [0.1, 0.15) is 5.69 Å². The van der Waals surface area contributed by atoms with Crippen LogP contribution in [0.2, 0.25) is 0 Å². The highest BCUT2D eigenvalue weighted by atomic mass is 16.6. The molecule has 132 valence electrons. The minimum Gasteiger partial charge on any atom is -0.363 e. The molecule has 0 unspecified atom stereocenters. The van der Waals surface area contributed by atoms with Gasteiger partial charge in [0.2, 0.25) is 0 Å². The van der Waals surface area contributed by atoms with E-state index in [1.165, 1.54) is 11.6 Å². The van der Waals surface area contributed by atoms with E-state index >= 15 is 0 Å². The van der Waals surface area contributed by atoms with Crippen LogP contribution in [0.4, 0.5) is 11.4 Å². The third-order valence-corrected chi connectivity index (χ3v) is 4.49. The monoisotopic (exact) mass is 348 g/mol. The molecule has 6 nitrogen and oxygen atoms in total. The van der Waals surface area contributed by atoms with Gasteiger partial charge in [0.05, 0.1) is 16.6 Å². The Morgan fingerprint density at radius 1 is 1.12 bits per heavy atom. The maximum Gasteiger partial charge on any atom is 0.293 e. The zero-order valence-corrected chi connectivity index (χ0v) is 14.4. The summed E-state index contributed by atoms with van der Waals surface area (Å²) >= 11 is 0. The van der Waals surface area contributed by atoms with Crippen LogP contribution in [-0.4, -0.2) is 42.5 Å². The van der Waals surface area contributed by atoms with E-state index in [0.29, 0.717) is 11.3 Å². The molecule has 3 rings (SSSR count). The van der Waals surface area contributed by atoms with Crippen molar-refractivity contribution in [3.05, 3.63) is 75.8 Å². The van der Waals surface area contributed by atoms with Gasteiger partial charge in [-0.2, -0.15) is 5.26 Å². The second-order valence-corrected chi connectivity index (χ2v) is 6.17. The molecule has 2 aromatic rings. The Labute approximate surface area is 152 Å². The average molecular weight is 348 g/mol. The lowest BCUT2D eigenvalue weighted by molar-refractivity contribution is -0.384. The highest BCUT2D eigenvalue weighted by molar-refractivity contribution is 5.65. The van der Waals surface area contributed by atoms with E-state index in [1.54, 1.807) is 12.1 Å². The summed E-state index contributed by atoms with van der Waals surface area (Å²) < 4.78 is 0. The molecule has 0 N–H and O–H groups in total. The van der Waals surface area contributed by atoms with E-state index in [2.05, 4.69) is 29.2 Å². The first-order chi connectivity index (χ1) is 12.7. The number of piperazine rings is 1. The number of nitro benzene ring substituents is 1. The Bertz CT molecular complexity index is 835. The summed E-state index contributed by atoms with van der Waals surface area (Å²) in [7, 11) is 0. The lowest BCUT2D eigenvalue weighted by atomic mass is 10.1. The predicted molar refractivity (Wildman–Crippen MR) is 102 cm³/mol. The number of hydrogen-bond acceptors (Lipinski definition) is 5. The molecule has 1 aliphatic rings. The van der Waals surface area contributed by atoms with Crippen LogP contribution in [0.1, 0.15) is 11.1 Å². The average Bonchev–Trinajstić information content (AvgIpc) is 2.69. The van der Waals surface area contributed by atoms with Crippen molar-refractivity contribution in [2.24, 2.45) is 0 Å². The van der Waals surface area contributed by atoms with Crippen LogP contribution in [0.25, 0.3) is 6.08 Å². The standard InChI is InChI=1S/C20H20N4O2/c21-16-18-8-9-19(20(15-18)24(25)26)23-13-11-22(12-14-23)10-4-7-17-5-2-1-3-6-17/h1-9,15H,10-14H2/b7-4+. The molecular formula is C20H20N4O2. The number of nitriles is 1. The van der Waals surface area contributed by atoms with Gasteiger partial charge in [-0.25, -0.2) is 0 Å². The summed E-state index contributed by atoms with van der Waals surface area (Å²) in [4.78, 5) is 15.3. The quantitative estimate of drug-likeness (QED) is 0.612. The lowest BCUT2D eigenvalue weighted by Crippen LogP contribution is -2.46. The molecule has 0 atom stereocenters. The van der Waals surface area contributed by atoms with E-state index in [4.69, 9.17) is 5.26 Å². The Kier molecular flexibility index (Phi) is 5.62. The molecule has 0 bridgehead atoms. The molecule has 1 heterocycles. The molecule has 0 aliphatic carbocycles. The molecule has 0 saturated carbocycles. The first kappa shape index (κ1) is 17.6. The smallest absolute Gasteiger partial charge is 0.293 e. The molecule has 1 aliphatic heterocycles. The third kappa shape index (κ3) is 4.26. The van der Waals surface area contributed by atoms with Gasteiger partial charge in [0, 0.05) is 38.8 Å². The van der Waals surface area contributed by atoms with Gasteiger partial charge in [-0.3, -0.25) is 15.0 Å². The van der Waals surface area contributed by atoms with Crippen LogP contribution in [0.3, 0.4) is 0 Å². The molecule has 0 amide bonds. The van der Waals surface area contributed by atoms with Crippen molar-refractivity contribution < 1.29 is 4.92 Å². The maximum atomic E-state index is 11.3. The van der Waals surface area contributed by atoms with Crippen molar-refractivity contribution in [2.75, 3.05) is 37.6 Å². The molecule has 0 aromatic heterocycles. The molecule has 1 fully saturated rings. The number of rotatable bonds is 5. The minimum absolute atomic E-state index is 0.00136. The first-order valence-electron chi connectivity index (χ1n) is 8.55. The summed E-state index contributed by atoms with van der Waals surface area (Å²) in [6, 6.07) is 16.8. The van der Waals surface area contributed by atoms with Crippen molar-refractivity contribution in [3.63, 3.8) is 0 Å². The van der Waals surface area contributed by atoms with Crippen molar-refractivity contribution >= 4 is 17.5 Å². The fraction of sp³-hybridized carbons (Fsp3) is 0.250. The fourth-order valence-corrected chi connectivity index (χ4v) is 3.08. The predicted octanol–water partition coefficient (Wildman–Crippen LogP) is 3.30. The normalized spacial score (nSPS) is 15.1. The zero-order valence-electron chi connectivity index (χ0n) is 14.4. The van der Waals surface area contributed by atoms with Gasteiger partial charge in [-0.15, -0.1) is 0 Å². The van der Waals surface area contributed by atoms with Crippen molar-refractivity contribution in [2.45, 2.75) is 0 Å². The van der Waals surface area contributed by atoms with Crippen LogP contribution >= 0.6 is 0 Å². The van der Waals surface area contributed by atoms with Crippen LogP contribution in [-0.2, 0) is 0 Å². The summed E-state index contributed by atoms with van der Waals surface area (Å²) in [5, 5.41) is 20.3. The Morgan fingerprint density at radius 3 is 2.50 bits per heavy atom. The summed E-state index contributed by atoms with van der Waals surface area (Å²) in [5.41, 5.74) is 2.08. The van der Waals surface area contributed by atoms with Gasteiger partial charge in [-0.1, -0.05) is 42.5 Å². The lowest BCUT2D eigenvalue weighted by Gasteiger charge is -2.35. The van der Waals surface area contributed by atoms with Crippen molar-refractivity contribution in [3.8, 4) is 6.07 Å². The topological polar surface area (TPSA) is 73.4 Å². The minimum atomic E-state index is -0.412. The molecule has 2 aromatic carbocycles. The van der Waals surface area contributed by atoms with Gasteiger partial charge in [0.25, 0.3) is 5.69 Å². The molecule has 26 heavy (non-hydrogen) atoms. The summed E-state index contributed by atoms with van der Waals surface area (Å²) in [6.07, 6.45) is 4.26. The van der Waals surface area contributed by atoms with Gasteiger partial charge in [-0.05, 0) is 17.7 Å². The molecule has 1 saturated heterocycles. The van der Waals surface area contributed by atoms with E-state index in [-0.39, 0.29) is 5.69 Å². The van der Waals surface area contributed by atoms with E-state index in [0.717, 1.165) is 32.7 Å². The summed E-state index contributed by atoms with van der Waals surface area (Å²) in [6.45, 7) is 4.00. The summed E-state index contributed by atoms with van der Waals surface area (Å²) in [5.74, 6) is 0. The molecular weight excluding hydrogens is 328 g/mol. The second kappa shape index (κ2) is 8.28. The number of benzene rings is 2. The highest BCUT2D eigenvalue weighted by Gasteiger charge is 2.23. The fourth-order valence-electron chi connectivity index (χ4n) is 3.08. The first-order valence-corrected chi connectivity index (χ1v) is 8.55. The third-order valence-electron chi connectivity index (χ3n) is 4.49. The van der Waals surface area contributed by atoms with Crippen LogP contribution < -0.4 is 4.90 Å². The Morgan fingerprint density at radius 2 is 1.85 bits per heavy atom. The molecule has 0 spiro atoms. The van der Waals surface area contributed by atoms with Gasteiger partial charge in [0.15, 0.2) is 0 Å². The number of nitrogens with zero attached hydrogens (tertiary/aromatic N) is 4. The second-order valence-electron chi connectivity index (χ2n) is 6.17. The Balaban J connectivity index is 1.59. The largest absolute Gasteiger partial charge is 0.363 e. The maximum absolute atomic E-state index is 11.3. The SMILES string of the molecule is N#Cc1ccc(N2CCN(C/C=C/c3ccccc3)CC2)c([N+](=O)[O-])c1. The Hall–Kier alpha value is -3.17. The van der Waals surface area contributed by atoms with Gasteiger partial charge < -0.3 is 4.90 Å². The van der Waals surface area contributed by atoms with E-state index < -0.39 is 4.92 Å². The number of nitro groups is 1. The highest BCUT2D eigenvalue weighted by Crippen LogP contribution is 2.29. The van der Waals surface area contributed by atoms with Crippen LogP contribution in [0.15, 0.2) is 54.6 Å². The zero-order chi connectivity index (χ0) is 18.4. The van der Waals surface area contributed by atoms with E-state index in [9.17, 15) is 10.1 Å². The van der Waals surface area contributed by atoms with Crippen molar-refractivity contribution in [1.29, 1.82) is 5.26 Å². The number of hydrogen-bond donors (Lipinski definition) is 0. The van der Waals surface area contributed by atoms with Crippen LogP contribution in [0.5, 0.6) is 0 Å². The number of anilines is 1. The molecule has 0 radical (unpaired) electrons. The van der Waals surface area contributed by atoms with E-state index in [1.807, 2.05) is 29.2 Å². The van der Waals surface area contributed by atoms with Crippen LogP contribution in [0, 0.1) is 21.4 Å². The van der Waals surface area contributed by atoms with Gasteiger partial charge >= 0.3 is 0 Å².